The summed E-state index contributed by atoms with van der Waals surface area (Å²) in [5, 5.41) is -0.0957. The summed E-state index contributed by atoms with van der Waals surface area (Å²) >= 11 is 0. The lowest BCUT2D eigenvalue weighted by Crippen LogP contribution is -2.56. The molecule has 1 aliphatic rings. The molecule has 1 aliphatic heterocycles. The summed E-state index contributed by atoms with van der Waals surface area (Å²) in [5.74, 6) is 0. The molecule has 1 atom stereocenters. The van der Waals surface area contributed by atoms with E-state index in [1.54, 1.807) is 0 Å². The molecular formula is C19H30F3NO3SSi. The molecule has 1 heterocycles. The maximum atomic E-state index is 13.3. The van der Waals surface area contributed by atoms with Crippen LogP contribution in [0.5, 0.6) is 0 Å². The molecule has 1 unspecified atom stereocenters. The molecule has 0 aromatic heterocycles. The van der Waals surface area contributed by atoms with Gasteiger partial charge in [0.1, 0.15) is 5.72 Å². The Labute approximate surface area is 167 Å². The molecule has 1 aromatic rings. The third-order valence-electron chi connectivity index (χ3n) is 5.96. The molecule has 0 spiro atoms. The monoisotopic (exact) mass is 437 g/mol. The van der Waals surface area contributed by atoms with Gasteiger partial charge in [-0.05, 0) is 61.7 Å². The van der Waals surface area contributed by atoms with Crippen LogP contribution in [0.2, 0.25) is 18.1 Å². The highest BCUT2D eigenvalue weighted by molar-refractivity contribution is 7.89. The van der Waals surface area contributed by atoms with Crippen LogP contribution in [-0.4, -0.2) is 33.3 Å². The Morgan fingerprint density at radius 1 is 1.14 bits per heavy atom. The molecule has 2 rings (SSSR count). The van der Waals surface area contributed by atoms with Crippen LogP contribution >= 0.6 is 0 Å². The normalized spacial score (nSPS) is 22.6. The Kier molecular flexibility index (Phi) is 6.19. The minimum atomic E-state index is -4.51. The Balaban J connectivity index is 2.43. The maximum absolute atomic E-state index is 13.3. The van der Waals surface area contributed by atoms with Gasteiger partial charge in [0.15, 0.2) is 8.32 Å². The van der Waals surface area contributed by atoms with Gasteiger partial charge in [0, 0.05) is 6.54 Å². The summed E-state index contributed by atoms with van der Waals surface area (Å²) in [5.41, 5.74) is -1.82. The summed E-state index contributed by atoms with van der Waals surface area (Å²) in [7, 11) is -6.25. The Morgan fingerprint density at radius 2 is 1.68 bits per heavy atom. The first-order valence-electron chi connectivity index (χ1n) is 9.47. The molecule has 28 heavy (non-hydrogen) atoms. The van der Waals surface area contributed by atoms with E-state index >= 15 is 0 Å². The second-order valence-corrected chi connectivity index (χ2v) is 15.5. The Bertz CT molecular complexity index is 801. The standard InChI is InChI=1S/C19H30F3NO3SSi/c1-7-18(26-28(5,6)17(2,3)4)13-8-14-23(18)27(24,25)16-11-9-15(10-12-16)19(20,21)22/h9-12H,7-8,13-14H2,1-6H3. The summed E-state index contributed by atoms with van der Waals surface area (Å²) in [6.45, 7) is 12.6. The quantitative estimate of drug-likeness (QED) is 0.562. The lowest BCUT2D eigenvalue weighted by molar-refractivity contribution is -0.137. The molecule has 0 N–H and O–H groups in total. The molecule has 0 saturated carbocycles. The predicted octanol–water partition coefficient (Wildman–Crippen LogP) is 5.62. The molecule has 1 aromatic carbocycles. The lowest BCUT2D eigenvalue weighted by Gasteiger charge is -2.47. The second kappa shape index (κ2) is 7.41. The van der Waals surface area contributed by atoms with E-state index in [1.165, 1.54) is 4.31 Å². The molecule has 1 saturated heterocycles. The maximum Gasteiger partial charge on any atom is 0.416 e. The van der Waals surface area contributed by atoms with Crippen molar-refractivity contribution in [1.29, 1.82) is 0 Å². The molecule has 9 heteroatoms. The van der Waals surface area contributed by atoms with Gasteiger partial charge in [-0.15, -0.1) is 0 Å². The van der Waals surface area contributed by atoms with Crippen LogP contribution in [0.4, 0.5) is 13.2 Å². The van der Waals surface area contributed by atoms with Crippen LogP contribution in [0.25, 0.3) is 0 Å². The molecule has 0 aliphatic carbocycles. The highest BCUT2D eigenvalue weighted by atomic mass is 32.2. The van der Waals surface area contributed by atoms with Crippen LogP contribution in [0.15, 0.2) is 29.2 Å². The van der Waals surface area contributed by atoms with E-state index in [9.17, 15) is 21.6 Å². The molecule has 1 fully saturated rings. The van der Waals surface area contributed by atoms with Crippen LogP contribution in [-0.2, 0) is 20.6 Å². The first-order valence-corrected chi connectivity index (χ1v) is 13.8. The van der Waals surface area contributed by atoms with E-state index in [-0.39, 0.29) is 9.93 Å². The van der Waals surface area contributed by atoms with E-state index in [2.05, 4.69) is 33.9 Å². The van der Waals surface area contributed by atoms with Crippen molar-refractivity contribution < 1.29 is 26.0 Å². The van der Waals surface area contributed by atoms with Crippen LogP contribution in [0.1, 0.15) is 52.5 Å². The zero-order chi connectivity index (χ0) is 21.6. The highest BCUT2D eigenvalue weighted by Gasteiger charge is 2.52. The van der Waals surface area contributed by atoms with Crippen molar-refractivity contribution in [3.05, 3.63) is 29.8 Å². The van der Waals surface area contributed by atoms with Crippen molar-refractivity contribution >= 4 is 18.3 Å². The Hall–Kier alpha value is -0.903. The number of nitrogens with zero attached hydrogens (tertiary/aromatic N) is 1. The summed E-state index contributed by atoms with van der Waals surface area (Å²) < 4.78 is 73.0. The van der Waals surface area contributed by atoms with Gasteiger partial charge >= 0.3 is 6.18 Å². The van der Waals surface area contributed by atoms with E-state index in [1.807, 2.05) is 6.92 Å². The zero-order valence-corrected chi connectivity index (χ0v) is 19.2. The minimum absolute atomic E-state index is 0.0957. The van der Waals surface area contributed by atoms with Gasteiger partial charge < -0.3 is 4.43 Å². The largest absolute Gasteiger partial charge is 0.416 e. The van der Waals surface area contributed by atoms with Crippen molar-refractivity contribution in [3.63, 3.8) is 0 Å². The number of benzene rings is 1. The van der Waals surface area contributed by atoms with Gasteiger partial charge in [0.25, 0.3) is 0 Å². The molecule has 0 radical (unpaired) electrons. The fourth-order valence-electron chi connectivity index (χ4n) is 3.26. The van der Waals surface area contributed by atoms with Crippen LogP contribution in [0.3, 0.4) is 0 Å². The van der Waals surface area contributed by atoms with Crippen molar-refractivity contribution in [2.45, 2.75) is 81.9 Å². The highest BCUT2D eigenvalue weighted by Crippen LogP contribution is 2.46. The van der Waals surface area contributed by atoms with Gasteiger partial charge in [-0.2, -0.15) is 17.5 Å². The molecule has 4 nitrogen and oxygen atoms in total. The summed E-state index contributed by atoms with van der Waals surface area (Å²) in [6, 6.07) is 3.68. The summed E-state index contributed by atoms with van der Waals surface area (Å²) in [6.07, 6.45) is -2.79. The SMILES string of the molecule is CCC1(O[Si](C)(C)C(C)(C)C)CCCN1S(=O)(=O)c1ccc(C(F)(F)F)cc1. The van der Waals surface area contributed by atoms with Crippen molar-refractivity contribution in [3.8, 4) is 0 Å². The van der Waals surface area contributed by atoms with E-state index in [4.69, 9.17) is 4.43 Å². The first-order chi connectivity index (χ1) is 12.6. The average Bonchev–Trinajstić information content (AvgIpc) is 2.97. The van der Waals surface area contributed by atoms with Crippen LogP contribution < -0.4 is 0 Å². The van der Waals surface area contributed by atoms with E-state index in [0.29, 0.717) is 25.8 Å². The fourth-order valence-corrected chi connectivity index (χ4v) is 6.74. The van der Waals surface area contributed by atoms with E-state index in [0.717, 1.165) is 24.3 Å². The average molecular weight is 438 g/mol. The van der Waals surface area contributed by atoms with Crippen molar-refractivity contribution in [2.75, 3.05) is 6.54 Å². The number of rotatable bonds is 5. The Morgan fingerprint density at radius 3 is 2.11 bits per heavy atom. The fraction of sp³-hybridized carbons (Fsp3) is 0.684. The van der Waals surface area contributed by atoms with Gasteiger partial charge in [-0.25, -0.2) is 8.42 Å². The second-order valence-electron chi connectivity index (χ2n) is 8.86. The van der Waals surface area contributed by atoms with Crippen LogP contribution in [0, 0.1) is 0 Å². The van der Waals surface area contributed by atoms with Gasteiger partial charge in [0.05, 0.1) is 10.5 Å². The van der Waals surface area contributed by atoms with Gasteiger partial charge in [-0.3, -0.25) is 0 Å². The molecule has 160 valence electrons. The lowest BCUT2D eigenvalue weighted by atomic mass is 10.1. The number of hydrogen-bond donors (Lipinski definition) is 0. The predicted molar refractivity (Wildman–Crippen MR) is 106 cm³/mol. The third-order valence-corrected chi connectivity index (χ3v) is 12.4. The van der Waals surface area contributed by atoms with Crippen molar-refractivity contribution in [1.82, 2.24) is 4.31 Å². The first kappa shape index (κ1) is 23.4. The smallest absolute Gasteiger partial charge is 0.398 e. The number of alkyl halides is 3. The van der Waals surface area contributed by atoms with Gasteiger partial charge in [0.2, 0.25) is 10.0 Å². The number of hydrogen-bond acceptors (Lipinski definition) is 3. The van der Waals surface area contributed by atoms with E-state index < -0.39 is 35.8 Å². The molecule has 0 amide bonds. The van der Waals surface area contributed by atoms with Crippen molar-refractivity contribution in [2.24, 2.45) is 0 Å². The minimum Gasteiger partial charge on any atom is -0.398 e. The topological polar surface area (TPSA) is 46.6 Å². The third kappa shape index (κ3) is 4.32. The summed E-state index contributed by atoms with van der Waals surface area (Å²) in [4.78, 5) is -0.140. The molecule has 0 bridgehead atoms. The van der Waals surface area contributed by atoms with Gasteiger partial charge in [-0.1, -0.05) is 27.7 Å². The number of halogens is 3. The molecular weight excluding hydrogens is 407 g/mol. The number of sulfonamides is 1. The zero-order valence-electron chi connectivity index (χ0n) is 17.4.